The first-order valence-electron chi connectivity index (χ1n) is 6.90. The molecule has 0 aliphatic rings. The SMILES string of the molecule is COc1cccc(-n2nc(CN)cc2-c2ccc(Cl)cc2)c1. The fourth-order valence-corrected chi connectivity index (χ4v) is 2.42. The van der Waals surface area contributed by atoms with Crippen LogP contribution < -0.4 is 10.5 Å². The lowest BCUT2D eigenvalue weighted by molar-refractivity contribution is 0.414. The Morgan fingerprint density at radius 3 is 2.59 bits per heavy atom. The first kappa shape index (κ1) is 14.6. The summed E-state index contributed by atoms with van der Waals surface area (Å²) in [6.07, 6.45) is 0. The molecule has 2 N–H and O–H groups in total. The number of halogens is 1. The fourth-order valence-electron chi connectivity index (χ4n) is 2.30. The van der Waals surface area contributed by atoms with Crippen LogP contribution in [0.25, 0.3) is 16.9 Å². The van der Waals surface area contributed by atoms with Crippen LogP contribution in [0.4, 0.5) is 0 Å². The highest BCUT2D eigenvalue weighted by molar-refractivity contribution is 6.30. The van der Waals surface area contributed by atoms with Crippen LogP contribution in [-0.4, -0.2) is 16.9 Å². The summed E-state index contributed by atoms with van der Waals surface area (Å²) in [5.74, 6) is 0.782. The van der Waals surface area contributed by atoms with E-state index < -0.39 is 0 Å². The van der Waals surface area contributed by atoms with Crippen molar-refractivity contribution in [1.82, 2.24) is 9.78 Å². The first-order chi connectivity index (χ1) is 10.7. The van der Waals surface area contributed by atoms with Gasteiger partial charge in [-0.3, -0.25) is 0 Å². The summed E-state index contributed by atoms with van der Waals surface area (Å²) >= 11 is 5.97. The molecule has 1 heterocycles. The molecule has 112 valence electrons. The van der Waals surface area contributed by atoms with Crippen LogP contribution in [0.3, 0.4) is 0 Å². The molecule has 0 spiro atoms. The molecule has 5 heteroatoms. The van der Waals surface area contributed by atoms with Crippen molar-refractivity contribution in [1.29, 1.82) is 0 Å². The van der Waals surface area contributed by atoms with Crippen molar-refractivity contribution < 1.29 is 4.74 Å². The summed E-state index contributed by atoms with van der Waals surface area (Å²) in [4.78, 5) is 0. The maximum atomic E-state index is 5.97. The van der Waals surface area contributed by atoms with Gasteiger partial charge >= 0.3 is 0 Å². The molecule has 0 saturated heterocycles. The highest BCUT2D eigenvalue weighted by atomic mass is 35.5. The zero-order chi connectivity index (χ0) is 15.5. The van der Waals surface area contributed by atoms with Gasteiger partial charge in [0.15, 0.2) is 0 Å². The molecule has 0 unspecified atom stereocenters. The van der Waals surface area contributed by atoms with Crippen LogP contribution >= 0.6 is 11.6 Å². The maximum Gasteiger partial charge on any atom is 0.121 e. The molecule has 3 aromatic rings. The minimum Gasteiger partial charge on any atom is -0.497 e. The van der Waals surface area contributed by atoms with Crippen LogP contribution in [0.5, 0.6) is 5.75 Å². The number of rotatable bonds is 4. The molecule has 2 aromatic carbocycles. The van der Waals surface area contributed by atoms with Crippen molar-refractivity contribution in [3.63, 3.8) is 0 Å². The van der Waals surface area contributed by atoms with Crippen molar-refractivity contribution in [2.75, 3.05) is 7.11 Å². The highest BCUT2D eigenvalue weighted by Gasteiger charge is 2.11. The Bertz CT molecular complexity index is 781. The number of hydrogen-bond acceptors (Lipinski definition) is 3. The predicted molar refractivity (Wildman–Crippen MR) is 88.5 cm³/mol. The van der Waals surface area contributed by atoms with E-state index in [-0.39, 0.29) is 0 Å². The van der Waals surface area contributed by atoms with E-state index in [9.17, 15) is 0 Å². The molecule has 3 rings (SSSR count). The van der Waals surface area contributed by atoms with Gasteiger partial charge in [0, 0.05) is 23.2 Å². The van der Waals surface area contributed by atoms with Gasteiger partial charge in [0.25, 0.3) is 0 Å². The lowest BCUT2D eigenvalue weighted by Crippen LogP contribution is -2.02. The summed E-state index contributed by atoms with van der Waals surface area (Å²) in [6, 6.07) is 17.4. The lowest BCUT2D eigenvalue weighted by atomic mass is 10.1. The third-order valence-corrected chi connectivity index (χ3v) is 3.66. The molecule has 0 radical (unpaired) electrons. The lowest BCUT2D eigenvalue weighted by Gasteiger charge is -2.09. The van der Waals surface area contributed by atoms with Gasteiger partial charge in [0.1, 0.15) is 5.75 Å². The summed E-state index contributed by atoms with van der Waals surface area (Å²) < 4.78 is 7.16. The Labute approximate surface area is 134 Å². The molecule has 0 atom stereocenters. The minimum atomic E-state index is 0.386. The minimum absolute atomic E-state index is 0.386. The molecule has 0 fully saturated rings. The van der Waals surface area contributed by atoms with Gasteiger partial charge in [0.2, 0.25) is 0 Å². The van der Waals surface area contributed by atoms with Crippen LogP contribution in [0.15, 0.2) is 54.6 Å². The van der Waals surface area contributed by atoms with Crippen molar-refractivity contribution >= 4 is 11.6 Å². The number of methoxy groups -OCH3 is 1. The predicted octanol–water partition coefficient (Wildman–Crippen LogP) is 3.66. The average molecular weight is 314 g/mol. The Balaban J connectivity index is 2.14. The second-order valence-corrected chi connectivity index (χ2v) is 5.28. The van der Waals surface area contributed by atoms with E-state index in [4.69, 9.17) is 22.1 Å². The number of nitrogens with zero attached hydrogens (tertiary/aromatic N) is 2. The molecule has 4 nitrogen and oxygen atoms in total. The highest BCUT2D eigenvalue weighted by Crippen LogP contribution is 2.26. The number of hydrogen-bond donors (Lipinski definition) is 1. The maximum absolute atomic E-state index is 5.97. The number of aromatic nitrogens is 2. The third kappa shape index (κ3) is 2.84. The molecule has 22 heavy (non-hydrogen) atoms. The largest absolute Gasteiger partial charge is 0.497 e. The standard InChI is InChI=1S/C17H16ClN3O/c1-22-16-4-2-3-15(10-16)21-17(9-14(11-19)20-21)12-5-7-13(18)8-6-12/h2-10H,11,19H2,1H3. The fraction of sp³-hybridized carbons (Fsp3) is 0.118. The van der Waals surface area contributed by atoms with Gasteiger partial charge in [-0.2, -0.15) is 5.10 Å². The topological polar surface area (TPSA) is 53.1 Å². The van der Waals surface area contributed by atoms with E-state index in [0.29, 0.717) is 11.6 Å². The molecule has 0 aliphatic heterocycles. The van der Waals surface area contributed by atoms with Gasteiger partial charge in [-0.05, 0) is 30.3 Å². The van der Waals surface area contributed by atoms with E-state index in [0.717, 1.165) is 28.4 Å². The van der Waals surface area contributed by atoms with Crippen molar-refractivity contribution in [3.05, 3.63) is 65.3 Å². The van der Waals surface area contributed by atoms with Gasteiger partial charge in [0.05, 0.1) is 24.2 Å². The van der Waals surface area contributed by atoms with E-state index in [1.165, 1.54) is 0 Å². The monoisotopic (exact) mass is 313 g/mol. The van der Waals surface area contributed by atoms with E-state index in [1.807, 2.05) is 59.3 Å². The van der Waals surface area contributed by atoms with Crippen LogP contribution in [0.1, 0.15) is 5.69 Å². The molecule has 0 bridgehead atoms. The Morgan fingerprint density at radius 2 is 1.91 bits per heavy atom. The van der Waals surface area contributed by atoms with Crippen LogP contribution in [0.2, 0.25) is 5.02 Å². The number of ether oxygens (including phenoxy) is 1. The van der Waals surface area contributed by atoms with E-state index in [2.05, 4.69) is 5.10 Å². The van der Waals surface area contributed by atoms with Crippen molar-refractivity contribution in [2.24, 2.45) is 5.73 Å². The summed E-state index contributed by atoms with van der Waals surface area (Å²) in [6.45, 7) is 0.386. The first-order valence-corrected chi connectivity index (χ1v) is 7.28. The quantitative estimate of drug-likeness (QED) is 0.799. The molecule has 1 aromatic heterocycles. The van der Waals surface area contributed by atoms with Crippen molar-refractivity contribution in [3.8, 4) is 22.7 Å². The zero-order valence-electron chi connectivity index (χ0n) is 12.2. The summed E-state index contributed by atoms with van der Waals surface area (Å²) in [5.41, 5.74) is 9.48. The smallest absolute Gasteiger partial charge is 0.121 e. The molecular weight excluding hydrogens is 298 g/mol. The second-order valence-electron chi connectivity index (χ2n) is 4.85. The third-order valence-electron chi connectivity index (χ3n) is 3.41. The molecule has 0 saturated carbocycles. The Hall–Kier alpha value is -2.30. The Morgan fingerprint density at radius 1 is 1.14 bits per heavy atom. The number of nitrogens with two attached hydrogens (primary N) is 1. The van der Waals surface area contributed by atoms with Gasteiger partial charge < -0.3 is 10.5 Å². The van der Waals surface area contributed by atoms with Crippen LogP contribution in [0, 0.1) is 0 Å². The van der Waals surface area contributed by atoms with Crippen molar-refractivity contribution in [2.45, 2.75) is 6.54 Å². The number of benzene rings is 2. The van der Waals surface area contributed by atoms with E-state index >= 15 is 0 Å². The average Bonchev–Trinajstić information content (AvgIpc) is 3.00. The molecule has 0 amide bonds. The van der Waals surface area contributed by atoms with Gasteiger partial charge in [-0.1, -0.05) is 29.8 Å². The van der Waals surface area contributed by atoms with Crippen LogP contribution in [-0.2, 0) is 6.54 Å². The summed E-state index contributed by atoms with van der Waals surface area (Å²) in [7, 11) is 1.65. The summed E-state index contributed by atoms with van der Waals surface area (Å²) in [5, 5.41) is 5.28. The molecular formula is C17H16ClN3O. The van der Waals surface area contributed by atoms with Gasteiger partial charge in [-0.15, -0.1) is 0 Å². The normalized spacial score (nSPS) is 10.7. The molecule has 0 aliphatic carbocycles. The zero-order valence-corrected chi connectivity index (χ0v) is 12.9. The second kappa shape index (κ2) is 6.22. The van der Waals surface area contributed by atoms with E-state index in [1.54, 1.807) is 7.11 Å². The van der Waals surface area contributed by atoms with Gasteiger partial charge in [-0.25, -0.2) is 4.68 Å². The Kier molecular flexibility index (Phi) is 4.13.